The van der Waals surface area contributed by atoms with Crippen LogP contribution in [-0.4, -0.2) is 10.9 Å². The second kappa shape index (κ2) is 5.66. The number of amides is 1. The first-order chi connectivity index (χ1) is 10.8. The molecule has 0 saturated heterocycles. The molecule has 1 amide bonds. The number of aromatic nitrogens is 1. The van der Waals surface area contributed by atoms with Gasteiger partial charge in [-0.25, -0.2) is 4.98 Å². The molecule has 0 fully saturated rings. The van der Waals surface area contributed by atoms with Crippen molar-refractivity contribution >= 4 is 28.6 Å². The summed E-state index contributed by atoms with van der Waals surface area (Å²) in [6.07, 6.45) is 1.99. The molecule has 0 spiro atoms. The summed E-state index contributed by atoms with van der Waals surface area (Å²) in [5.41, 5.74) is 4.17. The number of thiophene rings is 1. The van der Waals surface area contributed by atoms with E-state index in [0.717, 1.165) is 23.4 Å². The third kappa shape index (κ3) is 2.46. The number of rotatable bonds is 3. The van der Waals surface area contributed by atoms with Crippen LogP contribution in [0, 0.1) is 0 Å². The summed E-state index contributed by atoms with van der Waals surface area (Å²) < 4.78 is 0. The fourth-order valence-electron chi connectivity index (χ4n) is 2.84. The Bertz CT molecular complexity index is 808. The van der Waals surface area contributed by atoms with Crippen LogP contribution >= 0.6 is 22.7 Å². The number of nitrogens with zero attached hydrogens (tertiary/aromatic N) is 1. The molecule has 5 heteroatoms. The number of thiazole rings is 1. The zero-order valence-electron chi connectivity index (χ0n) is 11.8. The topological polar surface area (TPSA) is 42.0 Å². The molecule has 2 heterocycles. The molecule has 22 heavy (non-hydrogen) atoms. The largest absolute Gasteiger partial charge is 0.344 e. The van der Waals surface area contributed by atoms with Crippen LogP contribution in [0.2, 0.25) is 0 Å². The van der Waals surface area contributed by atoms with Crippen molar-refractivity contribution in [3.63, 3.8) is 0 Å². The highest BCUT2D eigenvalue weighted by Crippen LogP contribution is 2.31. The Kier molecular flexibility index (Phi) is 3.52. The predicted octanol–water partition coefficient (Wildman–Crippen LogP) is 4.29. The van der Waals surface area contributed by atoms with E-state index >= 15 is 0 Å². The summed E-state index contributed by atoms with van der Waals surface area (Å²) in [5, 5.41) is 9.92. The monoisotopic (exact) mass is 326 g/mol. The van der Waals surface area contributed by atoms with Crippen LogP contribution in [0.5, 0.6) is 0 Å². The molecule has 110 valence electrons. The van der Waals surface area contributed by atoms with Gasteiger partial charge in [0.1, 0.15) is 10.7 Å². The van der Waals surface area contributed by atoms with Crippen molar-refractivity contribution in [1.29, 1.82) is 0 Å². The van der Waals surface area contributed by atoms with E-state index in [9.17, 15) is 4.79 Å². The number of carbonyl (C=O) groups is 1. The third-order valence-corrected chi connectivity index (χ3v) is 5.52. The predicted molar refractivity (Wildman–Crippen MR) is 90.4 cm³/mol. The van der Waals surface area contributed by atoms with Crippen molar-refractivity contribution in [3.8, 4) is 10.6 Å². The Labute approximate surface area is 136 Å². The lowest BCUT2D eigenvalue weighted by atomic mass is 10.1. The Balaban J connectivity index is 1.52. The van der Waals surface area contributed by atoms with E-state index in [1.807, 2.05) is 28.3 Å². The van der Waals surface area contributed by atoms with E-state index < -0.39 is 0 Å². The van der Waals surface area contributed by atoms with Crippen molar-refractivity contribution in [2.75, 3.05) is 0 Å². The highest BCUT2D eigenvalue weighted by Gasteiger charge is 2.24. The van der Waals surface area contributed by atoms with Crippen LogP contribution in [0.1, 0.15) is 34.1 Å². The average Bonchev–Trinajstić information content (AvgIpc) is 3.28. The molecular weight excluding hydrogens is 312 g/mol. The first-order valence-electron chi connectivity index (χ1n) is 7.18. The number of hydrogen-bond donors (Lipinski definition) is 1. The maximum Gasteiger partial charge on any atom is 0.271 e. The van der Waals surface area contributed by atoms with Gasteiger partial charge in [-0.1, -0.05) is 24.3 Å². The lowest BCUT2D eigenvalue weighted by Crippen LogP contribution is -2.27. The summed E-state index contributed by atoms with van der Waals surface area (Å²) in [5.74, 6) is -0.0839. The molecule has 1 aliphatic rings. The molecule has 2 aromatic heterocycles. The highest BCUT2D eigenvalue weighted by atomic mass is 32.1. The zero-order chi connectivity index (χ0) is 14.9. The van der Waals surface area contributed by atoms with Gasteiger partial charge in [-0.15, -0.1) is 11.3 Å². The fourth-order valence-corrected chi connectivity index (χ4v) is 4.35. The maximum absolute atomic E-state index is 12.4. The van der Waals surface area contributed by atoms with Crippen molar-refractivity contribution < 1.29 is 4.79 Å². The molecule has 1 unspecified atom stereocenters. The van der Waals surface area contributed by atoms with Crippen LogP contribution in [0.15, 0.2) is 46.5 Å². The van der Waals surface area contributed by atoms with Gasteiger partial charge in [0.25, 0.3) is 5.91 Å². The number of benzene rings is 1. The van der Waals surface area contributed by atoms with E-state index in [-0.39, 0.29) is 11.9 Å². The van der Waals surface area contributed by atoms with Crippen molar-refractivity contribution in [1.82, 2.24) is 10.3 Å². The van der Waals surface area contributed by atoms with Crippen LogP contribution in [0.3, 0.4) is 0 Å². The Morgan fingerprint density at radius 2 is 2.14 bits per heavy atom. The molecular formula is C17H14N2OS2. The molecule has 3 nitrogen and oxygen atoms in total. The molecule has 1 aliphatic carbocycles. The van der Waals surface area contributed by atoms with E-state index in [2.05, 4.69) is 28.5 Å². The Morgan fingerprint density at radius 1 is 1.23 bits per heavy atom. The number of aryl methyl sites for hydroxylation is 1. The molecule has 4 rings (SSSR count). The van der Waals surface area contributed by atoms with Crippen molar-refractivity contribution in [2.24, 2.45) is 0 Å². The average molecular weight is 326 g/mol. The second-order valence-corrected chi connectivity index (χ2v) is 6.95. The number of hydrogen-bond acceptors (Lipinski definition) is 4. The first kappa shape index (κ1) is 13.7. The van der Waals surface area contributed by atoms with Crippen molar-refractivity contribution in [2.45, 2.75) is 18.9 Å². The lowest BCUT2D eigenvalue weighted by molar-refractivity contribution is 0.0932. The van der Waals surface area contributed by atoms with Gasteiger partial charge in [0, 0.05) is 16.3 Å². The molecule has 1 atom stereocenters. The summed E-state index contributed by atoms with van der Waals surface area (Å²) in [7, 11) is 0. The molecule has 0 saturated carbocycles. The van der Waals surface area contributed by atoms with Gasteiger partial charge >= 0.3 is 0 Å². The molecule has 0 bridgehead atoms. The number of fused-ring (bicyclic) bond motifs is 1. The van der Waals surface area contributed by atoms with Crippen LogP contribution in [0.25, 0.3) is 10.6 Å². The molecule has 0 aliphatic heterocycles. The van der Waals surface area contributed by atoms with Crippen molar-refractivity contribution in [3.05, 3.63) is 63.3 Å². The van der Waals surface area contributed by atoms with E-state index in [4.69, 9.17) is 0 Å². The van der Waals surface area contributed by atoms with Gasteiger partial charge in [0.2, 0.25) is 0 Å². The highest BCUT2D eigenvalue weighted by molar-refractivity contribution is 7.14. The lowest BCUT2D eigenvalue weighted by Gasteiger charge is -2.12. The van der Waals surface area contributed by atoms with E-state index in [1.165, 1.54) is 22.5 Å². The van der Waals surface area contributed by atoms with Gasteiger partial charge in [0.05, 0.1) is 6.04 Å². The Hall–Kier alpha value is -1.98. The molecule has 1 aromatic carbocycles. The molecule has 3 aromatic rings. The molecule has 0 radical (unpaired) electrons. The van der Waals surface area contributed by atoms with Crippen LogP contribution < -0.4 is 5.32 Å². The summed E-state index contributed by atoms with van der Waals surface area (Å²) in [6, 6.07) is 10.5. The summed E-state index contributed by atoms with van der Waals surface area (Å²) in [6.45, 7) is 0. The van der Waals surface area contributed by atoms with Gasteiger partial charge in [-0.2, -0.15) is 11.3 Å². The minimum absolute atomic E-state index is 0.0839. The maximum atomic E-state index is 12.4. The SMILES string of the molecule is O=C(NC1CCc2ccccc21)c1csc(-c2ccsc2)n1. The van der Waals surface area contributed by atoms with Crippen LogP contribution in [0.4, 0.5) is 0 Å². The summed E-state index contributed by atoms with van der Waals surface area (Å²) >= 11 is 3.15. The first-order valence-corrected chi connectivity index (χ1v) is 9.00. The smallest absolute Gasteiger partial charge is 0.271 e. The van der Waals surface area contributed by atoms with Crippen LogP contribution in [-0.2, 0) is 6.42 Å². The zero-order valence-corrected chi connectivity index (χ0v) is 13.4. The van der Waals surface area contributed by atoms with Gasteiger partial charge in [0.15, 0.2) is 0 Å². The van der Waals surface area contributed by atoms with E-state index in [0.29, 0.717) is 5.69 Å². The number of nitrogens with one attached hydrogen (secondary N) is 1. The quantitative estimate of drug-likeness (QED) is 0.780. The summed E-state index contributed by atoms with van der Waals surface area (Å²) in [4.78, 5) is 16.9. The van der Waals surface area contributed by atoms with Gasteiger partial charge in [-0.05, 0) is 35.4 Å². The third-order valence-electron chi connectivity index (χ3n) is 3.94. The fraction of sp³-hybridized carbons (Fsp3) is 0.176. The standard InChI is InChI=1S/C17H14N2OS2/c20-16(15-10-22-17(19-15)12-7-8-21-9-12)18-14-6-5-11-3-1-2-4-13(11)14/h1-4,7-10,14H,5-6H2,(H,18,20). The molecule has 1 N–H and O–H groups in total. The van der Waals surface area contributed by atoms with Gasteiger partial charge < -0.3 is 5.32 Å². The minimum atomic E-state index is -0.0839. The van der Waals surface area contributed by atoms with Gasteiger partial charge in [-0.3, -0.25) is 4.79 Å². The van der Waals surface area contributed by atoms with E-state index in [1.54, 1.807) is 11.3 Å². The normalized spacial score (nSPS) is 16.5. The minimum Gasteiger partial charge on any atom is -0.344 e. The Morgan fingerprint density at radius 3 is 3.00 bits per heavy atom. The second-order valence-electron chi connectivity index (χ2n) is 5.31. The number of carbonyl (C=O) groups excluding carboxylic acids is 1.